The van der Waals surface area contributed by atoms with E-state index in [-0.39, 0.29) is 43.3 Å². The van der Waals surface area contributed by atoms with E-state index in [1.54, 1.807) is 45.2 Å². The number of aliphatic hydroxyl groups is 1. The lowest BCUT2D eigenvalue weighted by Gasteiger charge is -2.29. The van der Waals surface area contributed by atoms with Gasteiger partial charge >= 0.3 is 6.09 Å². The number of likely N-dealkylation sites (tertiary alicyclic amines) is 1. The Labute approximate surface area is 262 Å². The van der Waals surface area contributed by atoms with Crippen molar-refractivity contribution in [3.8, 4) is 10.4 Å². The molecule has 1 aliphatic heterocycles. The smallest absolute Gasteiger partial charge is 0.410 e. The molecule has 0 spiro atoms. The molecule has 1 aliphatic rings. The molecule has 3 heterocycles. The number of thiazole rings is 1. The minimum Gasteiger partial charge on any atom is -0.444 e. The van der Waals surface area contributed by atoms with Crippen LogP contribution in [0.3, 0.4) is 0 Å². The summed E-state index contributed by atoms with van der Waals surface area (Å²) in [4.78, 5) is 48.1. The Bertz CT molecular complexity index is 1460. The fourth-order valence-corrected chi connectivity index (χ4v) is 6.12. The standard InChI is InChI=1S/C32H43N5O6S/c1-18(2)27(26-13-23(35-43-26)15-36(8)31(41)42-32(5,6)7)30(40)37-16-24(38)14-25(37)29(39)34-19(3)21-9-11-22(12-10-21)28-20(4)33-17-44-28/h9-13,17-19,24-25,27,38H,14-16H2,1-8H3,(H,34,39)/t19-,24+,25-,27+/m0/s1. The summed E-state index contributed by atoms with van der Waals surface area (Å²) in [6, 6.07) is 8.49. The van der Waals surface area contributed by atoms with Crippen molar-refractivity contribution in [2.45, 2.75) is 91.1 Å². The summed E-state index contributed by atoms with van der Waals surface area (Å²) in [5.41, 5.74) is 4.61. The molecule has 4 atom stereocenters. The fraction of sp³-hybridized carbons (Fsp3) is 0.531. The molecular weight excluding hydrogens is 582 g/mol. The van der Waals surface area contributed by atoms with Crippen LogP contribution >= 0.6 is 11.3 Å². The van der Waals surface area contributed by atoms with Crippen LogP contribution in [0.4, 0.5) is 4.79 Å². The van der Waals surface area contributed by atoms with Crippen molar-refractivity contribution in [3.63, 3.8) is 0 Å². The summed E-state index contributed by atoms with van der Waals surface area (Å²) < 4.78 is 11.0. The van der Waals surface area contributed by atoms with E-state index in [2.05, 4.69) is 15.5 Å². The predicted octanol–water partition coefficient (Wildman–Crippen LogP) is 5.05. The quantitative estimate of drug-likeness (QED) is 0.337. The lowest BCUT2D eigenvalue weighted by molar-refractivity contribution is -0.141. The van der Waals surface area contributed by atoms with E-state index < -0.39 is 29.8 Å². The van der Waals surface area contributed by atoms with Gasteiger partial charge < -0.3 is 29.5 Å². The lowest BCUT2D eigenvalue weighted by Crippen LogP contribution is -2.48. The van der Waals surface area contributed by atoms with Crippen LogP contribution in [0.2, 0.25) is 0 Å². The highest BCUT2D eigenvalue weighted by Crippen LogP contribution is 2.32. The van der Waals surface area contributed by atoms with Gasteiger partial charge in [-0.05, 0) is 51.7 Å². The highest BCUT2D eigenvalue weighted by molar-refractivity contribution is 7.13. The van der Waals surface area contributed by atoms with Gasteiger partial charge in [0.2, 0.25) is 11.8 Å². The van der Waals surface area contributed by atoms with E-state index in [0.29, 0.717) is 11.5 Å². The summed E-state index contributed by atoms with van der Waals surface area (Å²) in [7, 11) is 1.60. The van der Waals surface area contributed by atoms with Gasteiger partial charge in [0, 0.05) is 26.1 Å². The molecule has 11 nitrogen and oxygen atoms in total. The summed E-state index contributed by atoms with van der Waals surface area (Å²) in [6.45, 7) is 13.2. The van der Waals surface area contributed by atoms with Crippen molar-refractivity contribution in [1.29, 1.82) is 0 Å². The first-order chi connectivity index (χ1) is 20.6. The number of β-amino-alcohol motifs (C(OH)–C–C–N with tert-alkyl or cyclic N) is 1. The second-order valence-electron chi connectivity index (χ2n) is 12.8. The minimum atomic E-state index is -0.832. The number of hydrogen-bond acceptors (Lipinski definition) is 9. The number of carbonyl (C=O) groups is 3. The minimum absolute atomic E-state index is 0.0415. The molecule has 0 unspecified atom stereocenters. The molecule has 1 aromatic carbocycles. The highest BCUT2D eigenvalue weighted by Gasteiger charge is 2.43. The van der Waals surface area contributed by atoms with Gasteiger partial charge in [0.15, 0.2) is 0 Å². The van der Waals surface area contributed by atoms with Crippen LogP contribution in [0, 0.1) is 12.8 Å². The molecule has 0 aliphatic carbocycles. The Morgan fingerprint density at radius 3 is 2.48 bits per heavy atom. The number of carbonyl (C=O) groups excluding carboxylic acids is 3. The van der Waals surface area contributed by atoms with Gasteiger partial charge in [-0.2, -0.15) is 0 Å². The fourth-order valence-electron chi connectivity index (χ4n) is 5.31. The Balaban J connectivity index is 1.44. The molecule has 2 N–H and O–H groups in total. The first-order valence-corrected chi connectivity index (χ1v) is 15.7. The summed E-state index contributed by atoms with van der Waals surface area (Å²) in [5, 5.41) is 17.6. The number of aliphatic hydroxyl groups excluding tert-OH is 1. The van der Waals surface area contributed by atoms with Crippen molar-refractivity contribution < 1.29 is 28.8 Å². The van der Waals surface area contributed by atoms with Gasteiger partial charge in [0.05, 0.1) is 34.8 Å². The molecule has 1 saturated heterocycles. The van der Waals surface area contributed by atoms with Crippen LogP contribution in [0.1, 0.15) is 82.6 Å². The molecule has 4 rings (SSSR count). The molecular formula is C32H43N5O6S. The summed E-state index contributed by atoms with van der Waals surface area (Å²) >= 11 is 1.58. The van der Waals surface area contributed by atoms with E-state index in [1.807, 2.05) is 57.5 Å². The van der Waals surface area contributed by atoms with E-state index >= 15 is 0 Å². The molecule has 44 heavy (non-hydrogen) atoms. The van der Waals surface area contributed by atoms with Crippen molar-refractivity contribution in [2.24, 2.45) is 5.92 Å². The van der Waals surface area contributed by atoms with Gasteiger partial charge in [-0.3, -0.25) is 9.59 Å². The van der Waals surface area contributed by atoms with Gasteiger partial charge in [-0.15, -0.1) is 11.3 Å². The lowest BCUT2D eigenvalue weighted by atomic mass is 9.91. The monoisotopic (exact) mass is 625 g/mol. The van der Waals surface area contributed by atoms with Gasteiger partial charge in [0.25, 0.3) is 0 Å². The average molecular weight is 626 g/mol. The molecule has 2 aromatic heterocycles. The molecule has 1 fully saturated rings. The molecule has 0 radical (unpaired) electrons. The topological polar surface area (TPSA) is 138 Å². The zero-order chi connectivity index (χ0) is 32.3. The maximum atomic E-state index is 13.9. The zero-order valence-corrected chi connectivity index (χ0v) is 27.5. The number of nitrogens with one attached hydrogen (secondary N) is 1. The number of aromatic nitrogens is 2. The Morgan fingerprint density at radius 2 is 1.89 bits per heavy atom. The Hall–Kier alpha value is -3.77. The number of aryl methyl sites for hydroxylation is 1. The van der Waals surface area contributed by atoms with Crippen molar-refractivity contribution >= 4 is 29.2 Å². The number of nitrogens with zero attached hydrogens (tertiary/aromatic N) is 4. The van der Waals surface area contributed by atoms with Gasteiger partial charge in [-0.25, -0.2) is 9.78 Å². The number of benzene rings is 1. The van der Waals surface area contributed by atoms with E-state index in [1.165, 1.54) is 9.80 Å². The maximum absolute atomic E-state index is 13.9. The average Bonchev–Trinajstić information content (AvgIpc) is 3.67. The molecule has 12 heteroatoms. The van der Waals surface area contributed by atoms with Crippen LogP contribution < -0.4 is 5.32 Å². The van der Waals surface area contributed by atoms with E-state index in [9.17, 15) is 19.5 Å². The number of amides is 3. The van der Waals surface area contributed by atoms with Gasteiger partial charge in [-0.1, -0.05) is 43.3 Å². The van der Waals surface area contributed by atoms with Crippen LogP contribution in [0.5, 0.6) is 0 Å². The van der Waals surface area contributed by atoms with Crippen molar-refractivity contribution in [3.05, 3.63) is 58.6 Å². The third-order valence-electron chi connectivity index (χ3n) is 7.56. The number of hydrogen-bond donors (Lipinski definition) is 2. The largest absolute Gasteiger partial charge is 0.444 e. The zero-order valence-electron chi connectivity index (χ0n) is 26.7. The predicted molar refractivity (Wildman–Crippen MR) is 167 cm³/mol. The van der Waals surface area contributed by atoms with Crippen LogP contribution in [0.25, 0.3) is 10.4 Å². The summed E-state index contributed by atoms with van der Waals surface area (Å²) in [5.74, 6) is -1.24. The normalized spacial score (nSPS) is 18.3. The molecule has 238 valence electrons. The summed E-state index contributed by atoms with van der Waals surface area (Å²) in [6.07, 6.45) is -1.19. The van der Waals surface area contributed by atoms with Crippen LogP contribution in [-0.4, -0.2) is 74.3 Å². The van der Waals surface area contributed by atoms with Crippen LogP contribution in [-0.2, 0) is 20.9 Å². The number of ether oxygens (including phenoxy) is 1. The Morgan fingerprint density at radius 1 is 1.20 bits per heavy atom. The molecule has 0 bridgehead atoms. The van der Waals surface area contributed by atoms with Gasteiger partial charge in [0.1, 0.15) is 29.0 Å². The second-order valence-corrected chi connectivity index (χ2v) is 13.6. The highest BCUT2D eigenvalue weighted by atomic mass is 32.1. The first-order valence-electron chi connectivity index (χ1n) is 14.8. The SMILES string of the molecule is Cc1ncsc1-c1ccc([C@H](C)NC(=O)[C@@H]2C[C@@H](O)CN2C(=O)[C@@H](c2cc(CN(C)C(=O)OC(C)(C)C)no2)C(C)C)cc1. The van der Waals surface area contributed by atoms with Crippen LogP contribution in [0.15, 0.2) is 40.4 Å². The maximum Gasteiger partial charge on any atom is 0.410 e. The second kappa shape index (κ2) is 13.5. The molecule has 3 amide bonds. The third kappa shape index (κ3) is 7.84. The third-order valence-corrected chi connectivity index (χ3v) is 8.54. The molecule has 3 aromatic rings. The van der Waals surface area contributed by atoms with Crippen molar-refractivity contribution in [1.82, 2.24) is 25.3 Å². The van der Waals surface area contributed by atoms with E-state index in [4.69, 9.17) is 9.26 Å². The Kier molecular flexibility index (Phi) is 10.1. The number of rotatable bonds is 9. The first kappa shape index (κ1) is 33.1. The molecule has 0 saturated carbocycles. The van der Waals surface area contributed by atoms with Crippen molar-refractivity contribution in [2.75, 3.05) is 13.6 Å². The van der Waals surface area contributed by atoms with E-state index in [0.717, 1.165) is 21.7 Å².